The number of ether oxygens (including phenoxy) is 1. The summed E-state index contributed by atoms with van der Waals surface area (Å²) in [6.45, 7) is 6.55. The first-order valence-corrected chi connectivity index (χ1v) is 9.13. The predicted octanol–water partition coefficient (Wildman–Crippen LogP) is 2.63. The highest BCUT2D eigenvalue weighted by Crippen LogP contribution is 2.26. The lowest BCUT2D eigenvalue weighted by atomic mass is 10.1. The van der Waals surface area contributed by atoms with Crippen LogP contribution >= 0.6 is 0 Å². The van der Waals surface area contributed by atoms with Crippen LogP contribution in [0.2, 0.25) is 0 Å². The number of oxazole rings is 1. The van der Waals surface area contributed by atoms with Gasteiger partial charge in [-0.05, 0) is 38.5 Å². The summed E-state index contributed by atoms with van der Waals surface area (Å²) in [5.74, 6) is 1.73. The van der Waals surface area contributed by atoms with Crippen LogP contribution in [0.15, 0.2) is 28.7 Å². The van der Waals surface area contributed by atoms with Gasteiger partial charge in [0.05, 0.1) is 20.2 Å². The molecule has 0 bridgehead atoms. The molecular formula is C20H25N3O4. The van der Waals surface area contributed by atoms with Gasteiger partial charge in [0, 0.05) is 12.1 Å². The van der Waals surface area contributed by atoms with Crippen molar-refractivity contribution in [1.82, 2.24) is 14.8 Å². The van der Waals surface area contributed by atoms with Crippen LogP contribution in [-0.2, 0) is 16.1 Å². The van der Waals surface area contributed by atoms with E-state index in [2.05, 4.69) is 4.98 Å². The Morgan fingerprint density at radius 1 is 1.33 bits per heavy atom. The molecule has 7 nitrogen and oxygen atoms in total. The topological polar surface area (TPSA) is 75.9 Å². The van der Waals surface area contributed by atoms with Gasteiger partial charge < -0.3 is 19.0 Å². The maximum atomic E-state index is 12.6. The number of piperazine rings is 1. The van der Waals surface area contributed by atoms with Crippen molar-refractivity contribution in [3.8, 4) is 17.2 Å². The Morgan fingerprint density at radius 2 is 2.11 bits per heavy atom. The fourth-order valence-corrected chi connectivity index (χ4v) is 3.25. The second kappa shape index (κ2) is 7.82. The summed E-state index contributed by atoms with van der Waals surface area (Å²) in [6.07, 6.45) is 0.831. The molecule has 2 aromatic rings. The maximum Gasteiger partial charge on any atom is 0.245 e. The number of aromatic nitrogens is 1. The highest BCUT2D eigenvalue weighted by molar-refractivity contribution is 5.94. The lowest BCUT2D eigenvalue weighted by molar-refractivity contribution is -0.155. The summed E-state index contributed by atoms with van der Waals surface area (Å²) in [4.78, 5) is 32.8. The van der Waals surface area contributed by atoms with Gasteiger partial charge in [0.15, 0.2) is 0 Å². The van der Waals surface area contributed by atoms with Gasteiger partial charge in [-0.1, -0.05) is 13.0 Å². The molecule has 1 atom stereocenters. The van der Waals surface area contributed by atoms with Gasteiger partial charge in [-0.3, -0.25) is 9.59 Å². The van der Waals surface area contributed by atoms with E-state index in [0.717, 1.165) is 12.0 Å². The average Bonchev–Trinajstić information content (AvgIpc) is 3.04. The highest BCUT2D eigenvalue weighted by Gasteiger charge is 2.36. The number of hydrogen-bond acceptors (Lipinski definition) is 5. The third-order valence-corrected chi connectivity index (χ3v) is 4.81. The van der Waals surface area contributed by atoms with E-state index in [1.807, 2.05) is 38.1 Å². The predicted molar refractivity (Wildman–Crippen MR) is 100 cm³/mol. The standard InChI is InChI=1S/C20H25N3O4/c1-5-9-22-12-18(24)23(13(2)20(22)25)11-17-14(3)27-19(21-17)15-7-6-8-16(10-15)26-4/h6-8,10,13H,5,9,11-12H2,1-4H3/t13-/m1/s1. The summed E-state index contributed by atoms with van der Waals surface area (Å²) in [5, 5.41) is 0. The SMILES string of the molecule is CCCN1CC(=O)N(Cc2nc(-c3cccc(OC)c3)oc2C)[C@H](C)C1=O. The molecule has 27 heavy (non-hydrogen) atoms. The molecule has 1 aromatic carbocycles. The van der Waals surface area contributed by atoms with E-state index in [9.17, 15) is 9.59 Å². The molecular weight excluding hydrogens is 346 g/mol. The van der Waals surface area contributed by atoms with Crippen LogP contribution in [0.4, 0.5) is 0 Å². The zero-order chi connectivity index (χ0) is 19.6. The van der Waals surface area contributed by atoms with E-state index in [0.29, 0.717) is 29.6 Å². The third-order valence-electron chi connectivity index (χ3n) is 4.81. The van der Waals surface area contributed by atoms with Crippen LogP contribution < -0.4 is 4.74 Å². The molecule has 144 valence electrons. The number of carbonyl (C=O) groups excluding carboxylic acids is 2. The zero-order valence-electron chi connectivity index (χ0n) is 16.2. The minimum Gasteiger partial charge on any atom is -0.497 e. The minimum atomic E-state index is -0.505. The molecule has 1 fully saturated rings. The van der Waals surface area contributed by atoms with Crippen molar-refractivity contribution in [3.63, 3.8) is 0 Å². The van der Waals surface area contributed by atoms with Crippen molar-refractivity contribution in [1.29, 1.82) is 0 Å². The number of benzene rings is 1. The number of carbonyl (C=O) groups is 2. The quantitative estimate of drug-likeness (QED) is 0.780. The molecule has 2 heterocycles. The van der Waals surface area contributed by atoms with E-state index in [1.165, 1.54) is 0 Å². The molecule has 0 saturated carbocycles. The fourth-order valence-electron chi connectivity index (χ4n) is 3.25. The molecule has 3 rings (SSSR count). The van der Waals surface area contributed by atoms with Crippen LogP contribution in [0.1, 0.15) is 31.7 Å². The van der Waals surface area contributed by atoms with Crippen molar-refractivity contribution >= 4 is 11.8 Å². The van der Waals surface area contributed by atoms with Gasteiger partial charge in [-0.2, -0.15) is 0 Å². The second-order valence-electron chi connectivity index (χ2n) is 6.71. The molecule has 2 amide bonds. The lowest BCUT2D eigenvalue weighted by Gasteiger charge is -2.38. The Balaban J connectivity index is 1.81. The molecule has 1 aliphatic rings. The Kier molecular flexibility index (Phi) is 5.48. The Labute approximate surface area is 158 Å². The molecule has 7 heteroatoms. The van der Waals surface area contributed by atoms with E-state index in [-0.39, 0.29) is 24.9 Å². The smallest absolute Gasteiger partial charge is 0.245 e. The van der Waals surface area contributed by atoms with Gasteiger partial charge >= 0.3 is 0 Å². The van der Waals surface area contributed by atoms with Gasteiger partial charge in [-0.15, -0.1) is 0 Å². The van der Waals surface area contributed by atoms with Crippen molar-refractivity contribution < 1.29 is 18.7 Å². The average molecular weight is 371 g/mol. The minimum absolute atomic E-state index is 0.0226. The molecule has 1 aromatic heterocycles. The van der Waals surface area contributed by atoms with E-state index >= 15 is 0 Å². The number of aryl methyl sites for hydroxylation is 1. The van der Waals surface area contributed by atoms with E-state index in [4.69, 9.17) is 9.15 Å². The van der Waals surface area contributed by atoms with E-state index in [1.54, 1.807) is 23.8 Å². The molecule has 0 N–H and O–H groups in total. The van der Waals surface area contributed by atoms with Crippen molar-refractivity contribution in [2.24, 2.45) is 0 Å². The molecule has 1 aliphatic heterocycles. The zero-order valence-corrected chi connectivity index (χ0v) is 16.2. The van der Waals surface area contributed by atoms with Crippen LogP contribution in [0, 0.1) is 6.92 Å². The number of rotatable bonds is 6. The molecule has 0 aliphatic carbocycles. The van der Waals surface area contributed by atoms with Crippen LogP contribution in [-0.4, -0.2) is 52.8 Å². The van der Waals surface area contributed by atoms with Crippen LogP contribution in [0.5, 0.6) is 5.75 Å². The number of hydrogen-bond donors (Lipinski definition) is 0. The van der Waals surface area contributed by atoms with Gasteiger partial charge in [0.2, 0.25) is 17.7 Å². The second-order valence-corrected chi connectivity index (χ2v) is 6.71. The van der Waals surface area contributed by atoms with Crippen molar-refractivity contribution in [2.45, 2.75) is 39.8 Å². The summed E-state index contributed by atoms with van der Waals surface area (Å²) in [5.41, 5.74) is 1.46. The maximum absolute atomic E-state index is 12.6. The first-order chi connectivity index (χ1) is 12.9. The summed E-state index contributed by atoms with van der Waals surface area (Å²) >= 11 is 0. The highest BCUT2D eigenvalue weighted by atomic mass is 16.5. The molecule has 0 unspecified atom stereocenters. The molecule has 0 spiro atoms. The number of amides is 2. The van der Waals surface area contributed by atoms with Crippen molar-refractivity contribution in [2.75, 3.05) is 20.2 Å². The Hall–Kier alpha value is -2.83. The molecule has 0 radical (unpaired) electrons. The normalized spacial score (nSPS) is 17.6. The largest absolute Gasteiger partial charge is 0.497 e. The fraction of sp³-hybridized carbons (Fsp3) is 0.450. The van der Waals surface area contributed by atoms with Crippen LogP contribution in [0.25, 0.3) is 11.5 Å². The van der Waals surface area contributed by atoms with Crippen molar-refractivity contribution in [3.05, 3.63) is 35.7 Å². The molecule has 1 saturated heterocycles. The Bertz CT molecular complexity index is 846. The van der Waals surface area contributed by atoms with E-state index < -0.39 is 6.04 Å². The van der Waals surface area contributed by atoms with Gasteiger partial charge in [-0.25, -0.2) is 4.98 Å². The first-order valence-electron chi connectivity index (χ1n) is 9.13. The lowest BCUT2D eigenvalue weighted by Crippen LogP contribution is -2.58. The van der Waals surface area contributed by atoms with Gasteiger partial charge in [0.1, 0.15) is 23.2 Å². The monoisotopic (exact) mass is 371 g/mol. The van der Waals surface area contributed by atoms with Crippen LogP contribution in [0.3, 0.4) is 0 Å². The first kappa shape index (κ1) is 18.9. The Morgan fingerprint density at radius 3 is 2.81 bits per heavy atom. The summed E-state index contributed by atoms with van der Waals surface area (Å²) in [6, 6.07) is 6.94. The summed E-state index contributed by atoms with van der Waals surface area (Å²) < 4.78 is 11.0. The summed E-state index contributed by atoms with van der Waals surface area (Å²) in [7, 11) is 1.60. The number of nitrogens with zero attached hydrogens (tertiary/aromatic N) is 3. The third kappa shape index (κ3) is 3.82. The number of methoxy groups -OCH3 is 1. The van der Waals surface area contributed by atoms with Gasteiger partial charge in [0.25, 0.3) is 0 Å².